The fourth-order valence-electron chi connectivity index (χ4n) is 2.97. The fraction of sp³-hybridized carbons (Fsp3) is 0.389. The summed E-state index contributed by atoms with van der Waals surface area (Å²) in [7, 11) is 0. The van der Waals surface area contributed by atoms with Crippen LogP contribution in [-0.4, -0.2) is 28.2 Å². The Morgan fingerprint density at radius 3 is 2.88 bits per heavy atom. The van der Waals surface area contributed by atoms with E-state index in [2.05, 4.69) is 10.3 Å². The molecule has 1 aliphatic rings. The van der Waals surface area contributed by atoms with Crippen molar-refractivity contribution in [2.75, 3.05) is 6.54 Å². The molecule has 0 bridgehead atoms. The van der Waals surface area contributed by atoms with Crippen LogP contribution in [0.25, 0.3) is 0 Å². The Labute approximate surface area is 145 Å². The number of carbonyl (C=O) groups excluding carboxylic acids is 2. The molecule has 1 saturated heterocycles. The first-order chi connectivity index (χ1) is 11.5. The number of hydrogen-bond donors (Lipinski definition) is 1. The fourth-order valence-corrected chi connectivity index (χ4v) is 3.82. The first-order valence-electron chi connectivity index (χ1n) is 8.10. The summed E-state index contributed by atoms with van der Waals surface area (Å²) < 4.78 is 0. The number of nitrogens with one attached hydrogen (secondary N) is 1. The van der Waals surface area contributed by atoms with Crippen molar-refractivity contribution in [3.05, 3.63) is 51.5 Å². The number of nitrogens with zero attached hydrogens (tertiary/aromatic N) is 2. The number of aryl methyl sites for hydroxylation is 1. The standard InChI is InChI=1S/C18H21N3O2S/c1-12-8-17(24-11-12)18(23)21-7-3-4-16(21)15-6-5-14(10-20-15)9-19-13(2)22/h5-6,8,10-11,16H,3-4,7,9H2,1-2H3,(H,19,22)/t16-/m1/s1. The Morgan fingerprint density at radius 1 is 1.42 bits per heavy atom. The molecule has 3 heterocycles. The zero-order valence-corrected chi connectivity index (χ0v) is 14.7. The summed E-state index contributed by atoms with van der Waals surface area (Å²) >= 11 is 1.50. The average molecular weight is 343 g/mol. The van der Waals surface area contributed by atoms with Crippen LogP contribution >= 0.6 is 11.3 Å². The van der Waals surface area contributed by atoms with E-state index in [0.29, 0.717) is 6.54 Å². The lowest BCUT2D eigenvalue weighted by Crippen LogP contribution is -2.30. The van der Waals surface area contributed by atoms with Gasteiger partial charge < -0.3 is 10.2 Å². The summed E-state index contributed by atoms with van der Waals surface area (Å²) in [6, 6.07) is 5.92. The topological polar surface area (TPSA) is 62.3 Å². The molecule has 1 N–H and O–H groups in total. The highest BCUT2D eigenvalue weighted by Crippen LogP contribution is 2.33. The molecule has 0 radical (unpaired) electrons. The summed E-state index contributed by atoms with van der Waals surface area (Å²) in [6.45, 7) is 4.75. The molecule has 1 aliphatic heterocycles. The quantitative estimate of drug-likeness (QED) is 0.928. The molecule has 0 unspecified atom stereocenters. The number of thiophene rings is 1. The lowest BCUT2D eigenvalue weighted by molar-refractivity contribution is -0.119. The lowest BCUT2D eigenvalue weighted by atomic mass is 10.1. The Kier molecular flexibility index (Phi) is 4.94. The molecule has 1 fully saturated rings. The van der Waals surface area contributed by atoms with Gasteiger partial charge in [-0.05, 0) is 48.4 Å². The summed E-state index contributed by atoms with van der Waals surface area (Å²) in [5.41, 5.74) is 3.00. The number of rotatable bonds is 4. The Hall–Kier alpha value is -2.21. The zero-order chi connectivity index (χ0) is 17.1. The van der Waals surface area contributed by atoms with Crippen molar-refractivity contribution in [1.29, 1.82) is 0 Å². The van der Waals surface area contributed by atoms with Crippen molar-refractivity contribution in [2.24, 2.45) is 0 Å². The molecule has 2 aromatic rings. The van der Waals surface area contributed by atoms with E-state index in [1.165, 1.54) is 18.3 Å². The second-order valence-corrected chi connectivity index (χ2v) is 7.06. The van der Waals surface area contributed by atoms with E-state index in [9.17, 15) is 9.59 Å². The van der Waals surface area contributed by atoms with Gasteiger partial charge in [0.15, 0.2) is 0 Å². The second kappa shape index (κ2) is 7.13. The van der Waals surface area contributed by atoms with Crippen molar-refractivity contribution in [1.82, 2.24) is 15.2 Å². The summed E-state index contributed by atoms with van der Waals surface area (Å²) in [5, 5.41) is 4.77. The average Bonchev–Trinajstić information content (AvgIpc) is 3.22. The van der Waals surface area contributed by atoms with Gasteiger partial charge in [-0.2, -0.15) is 0 Å². The Balaban J connectivity index is 1.73. The highest BCUT2D eigenvalue weighted by Gasteiger charge is 2.31. The molecule has 0 saturated carbocycles. The molecule has 2 amide bonds. The zero-order valence-electron chi connectivity index (χ0n) is 13.9. The largest absolute Gasteiger partial charge is 0.352 e. The van der Waals surface area contributed by atoms with E-state index in [4.69, 9.17) is 0 Å². The van der Waals surface area contributed by atoms with Crippen molar-refractivity contribution in [3.63, 3.8) is 0 Å². The van der Waals surface area contributed by atoms with Gasteiger partial charge in [0.25, 0.3) is 5.91 Å². The van der Waals surface area contributed by atoms with Gasteiger partial charge in [0.1, 0.15) is 0 Å². The normalized spacial score (nSPS) is 17.1. The van der Waals surface area contributed by atoms with Gasteiger partial charge in [-0.3, -0.25) is 14.6 Å². The van der Waals surface area contributed by atoms with Crippen LogP contribution in [0, 0.1) is 6.92 Å². The summed E-state index contributed by atoms with van der Waals surface area (Å²) in [5.74, 6) is 0.0394. The minimum absolute atomic E-state index is 0.0368. The van der Waals surface area contributed by atoms with Crippen LogP contribution in [0.2, 0.25) is 0 Å². The number of pyridine rings is 1. The van der Waals surface area contributed by atoms with Gasteiger partial charge in [0.2, 0.25) is 5.91 Å². The minimum atomic E-state index is -0.0575. The number of hydrogen-bond acceptors (Lipinski definition) is 4. The predicted molar refractivity (Wildman–Crippen MR) is 93.8 cm³/mol. The molecule has 0 spiro atoms. The number of aromatic nitrogens is 1. The molecular weight excluding hydrogens is 322 g/mol. The van der Waals surface area contributed by atoms with Gasteiger partial charge in [0, 0.05) is 26.2 Å². The van der Waals surface area contributed by atoms with E-state index < -0.39 is 0 Å². The highest BCUT2D eigenvalue weighted by molar-refractivity contribution is 7.12. The van der Waals surface area contributed by atoms with E-state index in [1.807, 2.05) is 35.4 Å². The van der Waals surface area contributed by atoms with Crippen LogP contribution in [-0.2, 0) is 11.3 Å². The number of carbonyl (C=O) groups is 2. The van der Waals surface area contributed by atoms with Crippen LogP contribution in [0.4, 0.5) is 0 Å². The van der Waals surface area contributed by atoms with Gasteiger partial charge in [-0.25, -0.2) is 0 Å². The Bertz CT molecular complexity index is 739. The summed E-state index contributed by atoms with van der Waals surface area (Å²) in [4.78, 5) is 31.0. The molecule has 1 atom stereocenters. The number of likely N-dealkylation sites (tertiary alicyclic amines) is 1. The number of amides is 2. The third-order valence-corrected chi connectivity index (χ3v) is 5.22. The van der Waals surface area contributed by atoms with E-state index in [-0.39, 0.29) is 17.9 Å². The molecule has 6 heteroatoms. The lowest BCUT2D eigenvalue weighted by Gasteiger charge is -2.24. The molecule has 126 valence electrons. The van der Waals surface area contributed by atoms with Gasteiger partial charge in [0.05, 0.1) is 16.6 Å². The second-order valence-electron chi connectivity index (χ2n) is 6.15. The SMILES string of the molecule is CC(=O)NCc1ccc([C@H]2CCCN2C(=O)c2cc(C)cs2)nc1. The molecule has 3 rings (SSSR count). The van der Waals surface area contributed by atoms with Crippen molar-refractivity contribution < 1.29 is 9.59 Å². The van der Waals surface area contributed by atoms with E-state index >= 15 is 0 Å². The molecular formula is C18H21N3O2S. The maximum absolute atomic E-state index is 12.7. The molecule has 2 aromatic heterocycles. The van der Waals surface area contributed by atoms with Crippen LogP contribution in [0.1, 0.15) is 52.3 Å². The summed E-state index contributed by atoms with van der Waals surface area (Å²) in [6.07, 6.45) is 3.71. The minimum Gasteiger partial charge on any atom is -0.352 e. The smallest absolute Gasteiger partial charge is 0.264 e. The van der Waals surface area contributed by atoms with Gasteiger partial charge >= 0.3 is 0 Å². The van der Waals surface area contributed by atoms with Crippen molar-refractivity contribution in [3.8, 4) is 0 Å². The molecule has 0 aliphatic carbocycles. The Morgan fingerprint density at radius 2 is 2.25 bits per heavy atom. The van der Waals surface area contributed by atoms with Gasteiger partial charge in [-0.1, -0.05) is 6.07 Å². The van der Waals surface area contributed by atoms with Gasteiger partial charge in [-0.15, -0.1) is 11.3 Å². The molecule has 24 heavy (non-hydrogen) atoms. The first kappa shape index (κ1) is 16.6. The monoisotopic (exact) mass is 343 g/mol. The third kappa shape index (κ3) is 3.64. The molecule has 0 aromatic carbocycles. The highest BCUT2D eigenvalue weighted by atomic mass is 32.1. The predicted octanol–water partition coefficient (Wildman–Crippen LogP) is 3.06. The van der Waals surface area contributed by atoms with Crippen LogP contribution in [0.3, 0.4) is 0 Å². The maximum Gasteiger partial charge on any atom is 0.264 e. The van der Waals surface area contributed by atoms with E-state index in [0.717, 1.165) is 41.1 Å². The van der Waals surface area contributed by atoms with Crippen LogP contribution in [0.15, 0.2) is 29.8 Å². The van der Waals surface area contributed by atoms with E-state index in [1.54, 1.807) is 6.20 Å². The maximum atomic E-state index is 12.7. The van der Waals surface area contributed by atoms with Crippen LogP contribution < -0.4 is 5.32 Å². The van der Waals surface area contributed by atoms with Crippen LogP contribution in [0.5, 0.6) is 0 Å². The molecule has 5 nitrogen and oxygen atoms in total. The third-order valence-electron chi connectivity index (χ3n) is 4.19. The van der Waals surface area contributed by atoms with Crippen molar-refractivity contribution in [2.45, 2.75) is 39.3 Å². The van der Waals surface area contributed by atoms with Crippen molar-refractivity contribution >= 4 is 23.2 Å². The first-order valence-corrected chi connectivity index (χ1v) is 8.98.